The zero-order chi connectivity index (χ0) is 16.8. The van der Waals surface area contributed by atoms with E-state index in [-0.39, 0.29) is 36.8 Å². The second kappa shape index (κ2) is 9.40. The van der Waals surface area contributed by atoms with Gasteiger partial charge in [-0.1, -0.05) is 11.3 Å². The van der Waals surface area contributed by atoms with Crippen molar-refractivity contribution in [2.75, 3.05) is 26.3 Å². The van der Waals surface area contributed by atoms with Crippen LogP contribution in [0.25, 0.3) is 0 Å². The largest absolute Gasteiger partial charge is 0.480 e. The van der Waals surface area contributed by atoms with Crippen molar-refractivity contribution in [3.63, 3.8) is 0 Å². The Bertz CT molecular complexity index is 605. The number of aliphatic imine (C=N–C) groups is 1. The van der Waals surface area contributed by atoms with Gasteiger partial charge in [0.1, 0.15) is 11.5 Å². The number of amides is 1. The lowest BCUT2D eigenvalue weighted by Crippen LogP contribution is -2.41. The number of carboxylic acid groups (broad SMARTS) is 1. The maximum atomic E-state index is 12.5. The molecule has 9 nitrogen and oxygen atoms in total. The van der Waals surface area contributed by atoms with E-state index in [0.29, 0.717) is 29.7 Å². The second-order valence-corrected chi connectivity index (χ2v) is 6.22. The first kappa shape index (κ1) is 20.1. The van der Waals surface area contributed by atoms with E-state index in [0.717, 1.165) is 24.2 Å². The van der Waals surface area contributed by atoms with Gasteiger partial charge in [0.25, 0.3) is 5.91 Å². The van der Waals surface area contributed by atoms with Crippen molar-refractivity contribution in [3.05, 3.63) is 11.1 Å². The quantitative estimate of drug-likeness (QED) is 0.481. The summed E-state index contributed by atoms with van der Waals surface area (Å²) in [7, 11) is 0. The van der Waals surface area contributed by atoms with Crippen LogP contribution >= 0.6 is 23.7 Å². The summed E-state index contributed by atoms with van der Waals surface area (Å²) in [5.41, 5.74) is 10.6. The molecule has 1 atom stereocenters. The third-order valence-electron chi connectivity index (χ3n) is 3.31. The molecule has 0 radical (unpaired) electrons. The van der Waals surface area contributed by atoms with Gasteiger partial charge >= 0.3 is 5.97 Å². The van der Waals surface area contributed by atoms with Crippen LogP contribution in [0.4, 0.5) is 5.13 Å². The summed E-state index contributed by atoms with van der Waals surface area (Å²) in [4.78, 5) is 32.9. The first-order valence-electron chi connectivity index (χ1n) is 7.10. The van der Waals surface area contributed by atoms with Gasteiger partial charge < -0.3 is 26.2 Å². The zero-order valence-corrected chi connectivity index (χ0v) is 14.5. The van der Waals surface area contributed by atoms with Gasteiger partial charge in [-0.2, -0.15) is 4.99 Å². The summed E-state index contributed by atoms with van der Waals surface area (Å²) in [6, 6.07) is 0. The lowest BCUT2D eigenvalue weighted by atomic mass is 9.99. The molecule has 1 unspecified atom stereocenters. The van der Waals surface area contributed by atoms with Gasteiger partial charge in [0.05, 0.1) is 12.8 Å². The minimum absolute atomic E-state index is 0. The average Bonchev–Trinajstić information content (AvgIpc) is 2.94. The fourth-order valence-corrected chi connectivity index (χ4v) is 3.16. The average molecular weight is 378 g/mol. The summed E-state index contributed by atoms with van der Waals surface area (Å²) >= 11 is 1.13. The number of piperidine rings is 1. The van der Waals surface area contributed by atoms with Crippen LogP contribution in [0.2, 0.25) is 0 Å². The number of carbonyl (C=O) groups is 2. The standard InChI is InChI=1S/C13H19N5O4S.ClH/c14-12(15)17-13-16-4-9(23-13)11(21)18-3-1-2-8(5-18)6-22-7-10(19)20;/h4,8H,1-3,5-7H2,(H,19,20)(H4,14,15,16,17);1H. The van der Waals surface area contributed by atoms with Crippen LogP contribution in [0.3, 0.4) is 0 Å². The van der Waals surface area contributed by atoms with Crippen molar-refractivity contribution in [1.82, 2.24) is 9.88 Å². The van der Waals surface area contributed by atoms with Crippen LogP contribution < -0.4 is 11.5 Å². The molecule has 11 heteroatoms. The maximum Gasteiger partial charge on any atom is 0.329 e. The fourth-order valence-electron chi connectivity index (χ4n) is 2.38. The Morgan fingerprint density at radius 1 is 1.50 bits per heavy atom. The summed E-state index contributed by atoms with van der Waals surface area (Å²) in [6.45, 7) is 1.21. The highest BCUT2D eigenvalue weighted by Gasteiger charge is 2.26. The molecule has 2 heterocycles. The number of halogens is 1. The van der Waals surface area contributed by atoms with Gasteiger partial charge in [-0.3, -0.25) is 4.79 Å². The minimum atomic E-state index is -0.995. The second-order valence-electron chi connectivity index (χ2n) is 5.21. The van der Waals surface area contributed by atoms with Gasteiger partial charge in [0.15, 0.2) is 5.96 Å². The number of nitrogens with zero attached hydrogens (tertiary/aromatic N) is 3. The molecule has 0 saturated carbocycles. The molecule has 1 amide bonds. The van der Waals surface area contributed by atoms with Gasteiger partial charge in [-0.05, 0) is 18.8 Å². The Hall–Kier alpha value is -1.91. The van der Waals surface area contributed by atoms with Crippen molar-refractivity contribution in [3.8, 4) is 0 Å². The molecule has 134 valence electrons. The molecule has 1 fully saturated rings. The van der Waals surface area contributed by atoms with Crippen molar-refractivity contribution in [2.24, 2.45) is 22.4 Å². The van der Waals surface area contributed by atoms with Crippen molar-refractivity contribution >= 4 is 46.7 Å². The van der Waals surface area contributed by atoms with Crippen LogP contribution in [0.15, 0.2) is 11.2 Å². The van der Waals surface area contributed by atoms with E-state index in [4.69, 9.17) is 21.3 Å². The molecule has 24 heavy (non-hydrogen) atoms. The van der Waals surface area contributed by atoms with E-state index in [2.05, 4.69) is 9.98 Å². The van der Waals surface area contributed by atoms with Gasteiger partial charge in [0, 0.05) is 13.1 Å². The number of aliphatic carboxylic acids is 1. The Kier molecular flexibility index (Phi) is 7.89. The smallest absolute Gasteiger partial charge is 0.329 e. The Labute approximate surface area is 149 Å². The van der Waals surface area contributed by atoms with E-state index in [1.165, 1.54) is 6.20 Å². The number of nitrogens with two attached hydrogens (primary N) is 2. The number of likely N-dealkylation sites (tertiary alicyclic amines) is 1. The van der Waals surface area contributed by atoms with E-state index in [1.807, 2.05) is 0 Å². The van der Waals surface area contributed by atoms with E-state index in [1.54, 1.807) is 4.90 Å². The number of hydrogen-bond donors (Lipinski definition) is 3. The van der Waals surface area contributed by atoms with Crippen LogP contribution in [0.5, 0.6) is 0 Å². The number of aromatic nitrogens is 1. The first-order valence-corrected chi connectivity index (χ1v) is 7.91. The number of thiazole rings is 1. The lowest BCUT2D eigenvalue weighted by molar-refractivity contribution is -0.142. The Morgan fingerprint density at radius 2 is 2.25 bits per heavy atom. The predicted octanol–water partition coefficient (Wildman–Crippen LogP) is 0.423. The lowest BCUT2D eigenvalue weighted by Gasteiger charge is -2.32. The number of rotatable bonds is 6. The SMILES string of the molecule is Cl.NC(N)=Nc1ncc(C(=O)N2CCCC(COCC(=O)O)C2)s1. The summed E-state index contributed by atoms with van der Waals surface area (Å²) in [5, 5.41) is 8.91. The third-order valence-corrected chi connectivity index (χ3v) is 4.19. The molecule has 0 spiro atoms. The molecule has 1 aromatic rings. The number of guanidine groups is 1. The topological polar surface area (TPSA) is 144 Å². The van der Waals surface area contributed by atoms with Crippen molar-refractivity contribution < 1.29 is 19.4 Å². The summed E-state index contributed by atoms with van der Waals surface area (Å²) in [5.74, 6) is -1.09. The molecular weight excluding hydrogens is 358 g/mol. The molecule has 1 saturated heterocycles. The molecular formula is C13H20ClN5O4S. The highest BCUT2D eigenvalue weighted by molar-refractivity contribution is 7.17. The molecule has 0 aliphatic carbocycles. The normalized spacial score (nSPS) is 17.0. The summed E-state index contributed by atoms with van der Waals surface area (Å²) < 4.78 is 5.12. The predicted molar refractivity (Wildman–Crippen MR) is 91.9 cm³/mol. The Morgan fingerprint density at radius 3 is 2.92 bits per heavy atom. The molecule has 1 aromatic heterocycles. The Balaban J connectivity index is 0.00000288. The van der Waals surface area contributed by atoms with E-state index in [9.17, 15) is 9.59 Å². The van der Waals surface area contributed by atoms with Gasteiger partial charge in [0.2, 0.25) is 5.13 Å². The molecule has 1 aliphatic rings. The zero-order valence-electron chi connectivity index (χ0n) is 12.9. The highest BCUT2D eigenvalue weighted by Crippen LogP contribution is 2.25. The molecule has 2 rings (SSSR count). The molecule has 0 bridgehead atoms. The molecule has 1 aliphatic heterocycles. The van der Waals surface area contributed by atoms with E-state index < -0.39 is 5.97 Å². The number of ether oxygens (including phenoxy) is 1. The van der Waals surface area contributed by atoms with Crippen molar-refractivity contribution in [2.45, 2.75) is 12.8 Å². The number of carbonyl (C=O) groups excluding carboxylic acids is 1. The number of hydrogen-bond acceptors (Lipinski definition) is 6. The molecule has 5 N–H and O–H groups in total. The van der Waals surface area contributed by atoms with Crippen LogP contribution in [0.1, 0.15) is 22.5 Å². The first-order chi connectivity index (χ1) is 11.0. The highest BCUT2D eigenvalue weighted by atomic mass is 35.5. The van der Waals surface area contributed by atoms with E-state index >= 15 is 0 Å². The van der Waals surface area contributed by atoms with Gasteiger partial charge in [-0.15, -0.1) is 12.4 Å². The number of carboxylic acids is 1. The van der Waals surface area contributed by atoms with Crippen LogP contribution in [0, 0.1) is 5.92 Å². The maximum absolute atomic E-state index is 12.5. The van der Waals surface area contributed by atoms with Gasteiger partial charge in [-0.25, -0.2) is 9.78 Å². The van der Waals surface area contributed by atoms with Crippen LogP contribution in [-0.4, -0.2) is 59.1 Å². The monoisotopic (exact) mass is 377 g/mol. The van der Waals surface area contributed by atoms with Crippen molar-refractivity contribution in [1.29, 1.82) is 0 Å². The fraction of sp³-hybridized carbons (Fsp3) is 0.538. The third kappa shape index (κ3) is 5.95. The molecule has 0 aromatic carbocycles. The summed E-state index contributed by atoms with van der Waals surface area (Å²) in [6.07, 6.45) is 3.22. The minimum Gasteiger partial charge on any atom is -0.480 e. The van der Waals surface area contributed by atoms with Crippen LogP contribution in [-0.2, 0) is 9.53 Å².